The molecule has 6 heteroatoms. The number of nitrogens with one attached hydrogen (secondary N) is 1. The lowest BCUT2D eigenvalue weighted by molar-refractivity contribution is 0.0936. The van der Waals surface area contributed by atoms with Crippen molar-refractivity contribution in [3.63, 3.8) is 0 Å². The zero-order valence-corrected chi connectivity index (χ0v) is 10.9. The van der Waals surface area contributed by atoms with Gasteiger partial charge in [0.15, 0.2) is 0 Å². The highest BCUT2D eigenvalue weighted by Gasteiger charge is 2.10. The summed E-state index contributed by atoms with van der Waals surface area (Å²) in [6, 6.07) is 2.91. The Hall–Kier alpha value is -2.37. The first-order chi connectivity index (χ1) is 9.06. The van der Waals surface area contributed by atoms with Gasteiger partial charge in [0.2, 0.25) is 0 Å². The van der Waals surface area contributed by atoms with Crippen LogP contribution in [0.25, 0.3) is 0 Å². The second-order valence-corrected chi connectivity index (χ2v) is 4.50. The maximum atomic E-state index is 12.0. The predicted molar refractivity (Wildman–Crippen MR) is 70.8 cm³/mol. The Labute approximate surface area is 110 Å². The van der Waals surface area contributed by atoms with E-state index in [-0.39, 0.29) is 17.5 Å². The van der Waals surface area contributed by atoms with E-state index in [1.165, 1.54) is 10.6 Å². The summed E-state index contributed by atoms with van der Waals surface area (Å²) >= 11 is 0. The number of aryl methyl sites for hydroxylation is 1. The molecule has 2 heterocycles. The lowest BCUT2D eigenvalue weighted by Crippen LogP contribution is -2.36. The van der Waals surface area contributed by atoms with Gasteiger partial charge in [-0.1, -0.05) is 0 Å². The van der Waals surface area contributed by atoms with Gasteiger partial charge in [-0.2, -0.15) is 0 Å². The molecule has 0 aliphatic carbocycles. The van der Waals surface area contributed by atoms with Gasteiger partial charge in [-0.05, 0) is 13.0 Å². The van der Waals surface area contributed by atoms with Gasteiger partial charge in [-0.15, -0.1) is 0 Å². The summed E-state index contributed by atoms with van der Waals surface area (Å²) in [6.07, 6.45) is 6.80. The zero-order valence-electron chi connectivity index (χ0n) is 10.9. The van der Waals surface area contributed by atoms with Crippen molar-refractivity contribution in [3.8, 4) is 0 Å². The third kappa shape index (κ3) is 3.31. The van der Waals surface area contributed by atoms with Crippen LogP contribution in [0.15, 0.2) is 41.8 Å². The first-order valence-electron chi connectivity index (χ1n) is 5.99. The van der Waals surface area contributed by atoms with E-state index in [4.69, 9.17) is 0 Å². The fourth-order valence-electron chi connectivity index (χ4n) is 1.75. The molecule has 0 bridgehead atoms. The molecule has 0 radical (unpaired) electrons. The average Bonchev–Trinajstić information content (AvgIpc) is 2.85. The fourth-order valence-corrected chi connectivity index (χ4v) is 1.75. The number of hydrogen-bond acceptors (Lipinski definition) is 3. The topological polar surface area (TPSA) is 68.9 Å². The maximum absolute atomic E-state index is 12.0. The van der Waals surface area contributed by atoms with E-state index in [1.807, 2.05) is 17.7 Å². The zero-order chi connectivity index (χ0) is 13.8. The molecule has 0 aromatic carbocycles. The highest BCUT2D eigenvalue weighted by atomic mass is 16.2. The molecule has 1 N–H and O–H groups in total. The number of carbonyl (C=O) groups is 1. The van der Waals surface area contributed by atoms with Gasteiger partial charge in [0.05, 0.1) is 6.33 Å². The Morgan fingerprint density at radius 1 is 1.47 bits per heavy atom. The number of amides is 1. The van der Waals surface area contributed by atoms with Crippen LogP contribution in [0.1, 0.15) is 17.3 Å². The van der Waals surface area contributed by atoms with E-state index in [0.29, 0.717) is 12.1 Å². The Bertz CT molecular complexity index is 616. The fraction of sp³-hybridized carbons (Fsp3) is 0.308. The number of pyridine rings is 1. The molecule has 2 rings (SSSR count). The highest BCUT2D eigenvalue weighted by Crippen LogP contribution is 1.97. The normalized spacial score (nSPS) is 12.1. The van der Waals surface area contributed by atoms with Crippen molar-refractivity contribution >= 4 is 5.91 Å². The summed E-state index contributed by atoms with van der Waals surface area (Å²) in [5.41, 5.74) is 0.176. The number of nitrogens with zero attached hydrogens (tertiary/aromatic N) is 3. The summed E-state index contributed by atoms with van der Waals surface area (Å²) in [4.78, 5) is 27.4. The molecule has 0 spiro atoms. The summed E-state index contributed by atoms with van der Waals surface area (Å²) in [6.45, 7) is 2.54. The van der Waals surface area contributed by atoms with Crippen LogP contribution >= 0.6 is 0 Å². The molecule has 0 saturated carbocycles. The number of carbonyl (C=O) groups excluding carboxylic acids is 1. The van der Waals surface area contributed by atoms with E-state index in [2.05, 4.69) is 10.3 Å². The molecule has 2 aromatic rings. The molecular weight excluding hydrogens is 244 g/mol. The smallest absolute Gasteiger partial charge is 0.251 e. The minimum absolute atomic E-state index is 0.0502. The number of aromatic nitrogens is 3. The van der Waals surface area contributed by atoms with Crippen molar-refractivity contribution in [1.82, 2.24) is 19.4 Å². The van der Waals surface area contributed by atoms with E-state index in [1.54, 1.807) is 31.8 Å². The molecule has 0 aliphatic rings. The van der Waals surface area contributed by atoms with Crippen molar-refractivity contribution in [2.75, 3.05) is 0 Å². The second-order valence-electron chi connectivity index (χ2n) is 4.50. The van der Waals surface area contributed by atoms with Gasteiger partial charge in [0, 0.05) is 49.9 Å². The van der Waals surface area contributed by atoms with Gasteiger partial charge in [0.25, 0.3) is 11.5 Å². The van der Waals surface area contributed by atoms with E-state index < -0.39 is 0 Å². The minimum atomic E-state index is -0.245. The summed E-state index contributed by atoms with van der Waals surface area (Å²) in [5, 5.41) is 2.85. The quantitative estimate of drug-likeness (QED) is 0.865. The summed E-state index contributed by atoms with van der Waals surface area (Å²) in [5.74, 6) is -0.245. The van der Waals surface area contributed by atoms with Gasteiger partial charge in [-0.25, -0.2) is 4.98 Å². The lowest BCUT2D eigenvalue weighted by Gasteiger charge is -2.14. The second kappa shape index (κ2) is 5.51. The minimum Gasteiger partial charge on any atom is -0.348 e. The van der Waals surface area contributed by atoms with Gasteiger partial charge in [0.1, 0.15) is 0 Å². The molecule has 2 aromatic heterocycles. The van der Waals surface area contributed by atoms with Crippen molar-refractivity contribution in [3.05, 3.63) is 53.0 Å². The Morgan fingerprint density at radius 2 is 2.26 bits per heavy atom. The predicted octanol–water partition coefficient (Wildman–Crippen LogP) is 0.400. The SMILES string of the molecule is CC(Cn1ccnc1)NC(=O)c1ccn(C)c(=O)c1. The third-order valence-corrected chi connectivity index (χ3v) is 2.79. The molecule has 0 aliphatic heterocycles. The molecular formula is C13H16N4O2. The van der Waals surface area contributed by atoms with Crippen molar-refractivity contribution in [1.29, 1.82) is 0 Å². The van der Waals surface area contributed by atoms with Gasteiger partial charge < -0.3 is 14.5 Å². The third-order valence-electron chi connectivity index (χ3n) is 2.79. The standard InChI is InChI=1S/C13H16N4O2/c1-10(8-17-6-4-14-9-17)15-13(19)11-3-5-16(2)12(18)7-11/h3-7,9-10H,8H2,1-2H3,(H,15,19). The van der Waals surface area contributed by atoms with Crippen LogP contribution in [-0.2, 0) is 13.6 Å². The Kier molecular flexibility index (Phi) is 3.79. The Balaban J connectivity index is 2.00. The van der Waals surface area contributed by atoms with Crippen molar-refractivity contribution < 1.29 is 4.79 Å². The van der Waals surface area contributed by atoms with Crippen LogP contribution in [-0.4, -0.2) is 26.1 Å². The molecule has 100 valence electrons. The van der Waals surface area contributed by atoms with E-state index in [9.17, 15) is 9.59 Å². The largest absolute Gasteiger partial charge is 0.348 e. The van der Waals surface area contributed by atoms with Crippen LogP contribution < -0.4 is 10.9 Å². The number of rotatable bonds is 4. The maximum Gasteiger partial charge on any atom is 0.251 e. The lowest BCUT2D eigenvalue weighted by atomic mass is 10.2. The average molecular weight is 260 g/mol. The van der Waals surface area contributed by atoms with Crippen molar-refractivity contribution in [2.24, 2.45) is 7.05 Å². The molecule has 1 atom stereocenters. The first kappa shape index (κ1) is 13.1. The number of imidazole rings is 1. The highest BCUT2D eigenvalue weighted by molar-refractivity contribution is 5.94. The summed E-state index contributed by atoms with van der Waals surface area (Å²) in [7, 11) is 1.64. The Morgan fingerprint density at radius 3 is 2.89 bits per heavy atom. The van der Waals surface area contributed by atoms with Crippen molar-refractivity contribution in [2.45, 2.75) is 19.5 Å². The van der Waals surface area contributed by atoms with Crippen LogP contribution in [0.3, 0.4) is 0 Å². The molecule has 0 saturated heterocycles. The van der Waals surface area contributed by atoms with E-state index in [0.717, 1.165) is 0 Å². The molecule has 6 nitrogen and oxygen atoms in total. The van der Waals surface area contributed by atoms with E-state index >= 15 is 0 Å². The number of hydrogen-bond donors (Lipinski definition) is 1. The van der Waals surface area contributed by atoms with Gasteiger partial charge >= 0.3 is 0 Å². The van der Waals surface area contributed by atoms with Crippen LogP contribution in [0.2, 0.25) is 0 Å². The first-order valence-corrected chi connectivity index (χ1v) is 5.99. The molecule has 1 unspecified atom stereocenters. The van der Waals surface area contributed by atoms with Crippen LogP contribution in [0, 0.1) is 0 Å². The molecule has 1 amide bonds. The monoisotopic (exact) mass is 260 g/mol. The van der Waals surface area contributed by atoms with Crippen LogP contribution in [0.5, 0.6) is 0 Å². The van der Waals surface area contributed by atoms with Crippen LogP contribution in [0.4, 0.5) is 0 Å². The molecule has 19 heavy (non-hydrogen) atoms. The molecule has 0 fully saturated rings. The van der Waals surface area contributed by atoms with Gasteiger partial charge in [-0.3, -0.25) is 9.59 Å². The summed E-state index contributed by atoms with van der Waals surface area (Å²) < 4.78 is 3.31.